The summed E-state index contributed by atoms with van der Waals surface area (Å²) in [5.41, 5.74) is 1.39. The SMILES string of the molecule is O=C(c1ccco1)N1CCN(C(=O)c2cnn(-c3ccccc3)c2-n2cccc2)CC1. The molecule has 1 aliphatic rings. The Balaban J connectivity index is 1.39. The zero-order valence-electron chi connectivity index (χ0n) is 16.8. The van der Waals surface area contributed by atoms with Gasteiger partial charge in [0.05, 0.1) is 18.1 Å². The average molecular weight is 415 g/mol. The normalized spacial score (nSPS) is 14.1. The maximum atomic E-state index is 13.4. The Bertz CT molecular complexity index is 1170. The van der Waals surface area contributed by atoms with Crippen molar-refractivity contribution in [2.45, 2.75) is 0 Å². The van der Waals surface area contributed by atoms with Crippen molar-refractivity contribution >= 4 is 11.8 Å². The van der Waals surface area contributed by atoms with E-state index in [9.17, 15) is 9.59 Å². The van der Waals surface area contributed by atoms with Crippen molar-refractivity contribution in [1.29, 1.82) is 0 Å². The molecule has 8 nitrogen and oxygen atoms in total. The number of nitrogens with zero attached hydrogens (tertiary/aromatic N) is 5. The predicted molar refractivity (Wildman–Crippen MR) is 113 cm³/mol. The third-order valence-electron chi connectivity index (χ3n) is 5.41. The standard InChI is InChI=1S/C23H21N5O3/c29-22(26-12-14-27(15-13-26)23(30)20-9-6-16-31-20)19-17-24-28(18-7-2-1-3-8-18)21(19)25-10-4-5-11-25/h1-11,16-17H,12-15H2. The number of carbonyl (C=O) groups is 2. The van der Waals surface area contributed by atoms with Crippen LogP contribution in [-0.2, 0) is 0 Å². The summed E-state index contributed by atoms with van der Waals surface area (Å²) < 4.78 is 8.87. The predicted octanol–water partition coefficient (Wildman–Crippen LogP) is 2.85. The molecule has 1 saturated heterocycles. The Morgan fingerprint density at radius 2 is 1.48 bits per heavy atom. The van der Waals surface area contributed by atoms with E-state index in [2.05, 4.69) is 5.10 Å². The van der Waals surface area contributed by atoms with Crippen molar-refractivity contribution in [2.24, 2.45) is 0 Å². The van der Waals surface area contributed by atoms with Crippen molar-refractivity contribution < 1.29 is 14.0 Å². The molecule has 0 unspecified atom stereocenters. The lowest BCUT2D eigenvalue weighted by Crippen LogP contribution is -2.50. The molecule has 31 heavy (non-hydrogen) atoms. The zero-order valence-corrected chi connectivity index (χ0v) is 16.8. The molecule has 4 aromatic rings. The van der Waals surface area contributed by atoms with Gasteiger partial charge in [0.25, 0.3) is 11.8 Å². The van der Waals surface area contributed by atoms with E-state index in [1.165, 1.54) is 6.26 Å². The summed E-state index contributed by atoms with van der Waals surface area (Å²) >= 11 is 0. The average Bonchev–Trinajstić information content (AvgIpc) is 3.60. The Hall–Kier alpha value is -4.07. The smallest absolute Gasteiger partial charge is 0.289 e. The molecule has 1 aromatic carbocycles. The van der Waals surface area contributed by atoms with Gasteiger partial charge in [-0.05, 0) is 36.4 Å². The van der Waals surface area contributed by atoms with Gasteiger partial charge >= 0.3 is 0 Å². The molecule has 0 saturated carbocycles. The summed E-state index contributed by atoms with van der Waals surface area (Å²) in [6.45, 7) is 1.81. The molecule has 2 amide bonds. The highest BCUT2D eigenvalue weighted by atomic mass is 16.3. The molecule has 4 heterocycles. The van der Waals surface area contributed by atoms with Crippen LogP contribution in [0, 0.1) is 0 Å². The number of aromatic nitrogens is 3. The molecule has 1 aliphatic heterocycles. The quantitative estimate of drug-likeness (QED) is 0.514. The van der Waals surface area contributed by atoms with Gasteiger partial charge in [0.15, 0.2) is 11.6 Å². The molecule has 0 radical (unpaired) electrons. The van der Waals surface area contributed by atoms with Crippen LogP contribution in [0.1, 0.15) is 20.9 Å². The summed E-state index contributed by atoms with van der Waals surface area (Å²) in [5, 5.41) is 4.51. The van der Waals surface area contributed by atoms with Crippen LogP contribution >= 0.6 is 0 Å². The van der Waals surface area contributed by atoms with E-state index in [-0.39, 0.29) is 11.8 Å². The fourth-order valence-electron chi connectivity index (χ4n) is 3.81. The molecule has 0 atom stereocenters. The van der Waals surface area contributed by atoms with E-state index in [0.717, 1.165) is 5.69 Å². The summed E-state index contributed by atoms with van der Waals surface area (Å²) in [7, 11) is 0. The van der Waals surface area contributed by atoms with Crippen LogP contribution in [0.15, 0.2) is 83.9 Å². The number of piperazine rings is 1. The minimum atomic E-state index is -0.151. The van der Waals surface area contributed by atoms with E-state index in [1.807, 2.05) is 59.4 Å². The molecular weight excluding hydrogens is 394 g/mol. The first kappa shape index (κ1) is 18.9. The third-order valence-corrected chi connectivity index (χ3v) is 5.41. The first-order valence-electron chi connectivity index (χ1n) is 10.1. The van der Waals surface area contributed by atoms with E-state index >= 15 is 0 Å². The third kappa shape index (κ3) is 3.52. The summed E-state index contributed by atoms with van der Waals surface area (Å²) in [6, 6.07) is 16.9. The van der Waals surface area contributed by atoms with Crippen LogP contribution < -0.4 is 0 Å². The molecule has 8 heteroatoms. The molecule has 0 bridgehead atoms. The van der Waals surface area contributed by atoms with Gasteiger partial charge in [-0.25, -0.2) is 4.68 Å². The summed E-state index contributed by atoms with van der Waals surface area (Å²) in [4.78, 5) is 29.4. The number of hydrogen-bond donors (Lipinski definition) is 0. The topological polar surface area (TPSA) is 76.5 Å². The maximum Gasteiger partial charge on any atom is 0.289 e. The molecule has 3 aromatic heterocycles. The van der Waals surface area contributed by atoms with Crippen molar-refractivity contribution in [1.82, 2.24) is 24.1 Å². The Morgan fingerprint density at radius 3 is 2.13 bits per heavy atom. The monoisotopic (exact) mass is 415 g/mol. The van der Waals surface area contributed by atoms with Crippen molar-refractivity contribution in [3.05, 3.63) is 90.8 Å². The maximum absolute atomic E-state index is 13.4. The second kappa shape index (κ2) is 7.98. The minimum Gasteiger partial charge on any atom is -0.459 e. The van der Waals surface area contributed by atoms with Gasteiger partial charge in [-0.1, -0.05) is 18.2 Å². The minimum absolute atomic E-state index is 0.101. The van der Waals surface area contributed by atoms with E-state index < -0.39 is 0 Å². The number of benzene rings is 1. The molecule has 156 valence electrons. The van der Waals surface area contributed by atoms with Crippen molar-refractivity contribution in [2.75, 3.05) is 26.2 Å². The van der Waals surface area contributed by atoms with Crippen molar-refractivity contribution in [3.8, 4) is 11.5 Å². The van der Waals surface area contributed by atoms with Gasteiger partial charge in [-0.2, -0.15) is 5.10 Å². The molecule has 0 spiro atoms. The Labute approximate surface area is 178 Å². The van der Waals surface area contributed by atoms with Gasteiger partial charge < -0.3 is 18.8 Å². The summed E-state index contributed by atoms with van der Waals surface area (Å²) in [5.74, 6) is 0.757. The van der Waals surface area contributed by atoms with Gasteiger partial charge in [0.2, 0.25) is 0 Å². The number of carbonyl (C=O) groups excluding carboxylic acids is 2. The van der Waals surface area contributed by atoms with Crippen LogP contribution in [0.3, 0.4) is 0 Å². The zero-order chi connectivity index (χ0) is 21.2. The fourth-order valence-corrected chi connectivity index (χ4v) is 3.81. The molecular formula is C23H21N5O3. The second-order valence-electron chi connectivity index (χ2n) is 7.28. The molecule has 0 aliphatic carbocycles. The van der Waals surface area contributed by atoms with Crippen LogP contribution in [0.2, 0.25) is 0 Å². The molecule has 0 N–H and O–H groups in total. The lowest BCUT2D eigenvalue weighted by molar-refractivity contribution is 0.0518. The van der Waals surface area contributed by atoms with Crippen LogP contribution in [-0.4, -0.2) is 62.1 Å². The second-order valence-corrected chi connectivity index (χ2v) is 7.28. The van der Waals surface area contributed by atoms with Crippen LogP contribution in [0.4, 0.5) is 0 Å². The lowest BCUT2D eigenvalue weighted by Gasteiger charge is -2.34. The highest BCUT2D eigenvalue weighted by molar-refractivity contribution is 5.97. The first-order valence-corrected chi connectivity index (χ1v) is 10.1. The van der Waals surface area contributed by atoms with E-state index in [1.54, 1.807) is 32.8 Å². The highest BCUT2D eigenvalue weighted by Crippen LogP contribution is 2.22. The van der Waals surface area contributed by atoms with E-state index in [4.69, 9.17) is 4.42 Å². The van der Waals surface area contributed by atoms with Crippen LogP contribution in [0.25, 0.3) is 11.5 Å². The van der Waals surface area contributed by atoms with Crippen LogP contribution in [0.5, 0.6) is 0 Å². The molecule has 1 fully saturated rings. The largest absolute Gasteiger partial charge is 0.459 e. The fraction of sp³-hybridized carbons (Fsp3) is 0.174. The number of hydrogen-bond acceptors (Lipinski definition) is 4. The van der Waals surface area contributed by atoms with Gasteiger partial charge in [-0.3, -0.25) is 9.59 Å². The number of rotatable bonds is 4. The van der Waals surface area contributed by atoms with E-state index in [0.29, 0.717) is 43.3 Å². The Kier molecular flexibility index (Phi) is 4.87. The Morgan fingerprint density at radius 1 is 0.806 bits per heavy atom. The van der Waals surface area contributed by atoms with Gasteiger partial charge in [0.1, 0.15) is 5.56 Å². The first-order chi connectivity index (χ1) is 15.2. The number of furan rings is 1. The van der Waals surface area contributed by atoms with Gasteiger partial charge in [0, 0.05) is 38.6 Å². The summed E-state index contributed by atoms with van der Waals surface area (Å²) in [6.07, 6.45) is 6.89. The number of para-hydroxylation sites is 1. The molecule has 5 rings (SSSR count). The van der Waals surface area contributed by atoms with Gasteiger partial charge in [-0.15, -0.1) is 0 Å². The number of amides is 2. The van der Waals surface area contributed by atoms with Crippen molar-refractivity contribution in [3.63, 3.8) is 0 Å². The highest BCUT2D eigenvalue weighted by Gasteiger charge is 2.29. The lowest BCUT2D eigenvalue weighted by atomic mass is 10.2.